The van der Waals surface area contributed by atoms with Crippen molar-refractivity contribution in [3.05, 3.63) is 92.3 Å². The van der Waals surface area contributed by atoms with E-state index in [9.17, 15) is 14.9 Å². The smallest absolute Gasteiger partial charge is 0.271 e. The Kier molecular flexibility index (Phi) is 7.84. The van der Waals surface area contributed by atoms with Crippen LogP contribution in [0.1, 0.15) is 52.9 Å². The first-order chi connectivity index (χ1) is 20.0. The summed E-state index contributed by atoms with van der Waals surface area (Å²) in [5.41, 5.74) is 5.08. The lowest BCUT2D eigenvalue weighted by Gasteiger charge is -2.32. The van der Waals surface area contributed by atoms with Crippen LogP contribution in [0, 0.1) is 10.1 Å². The average Bonchev–Trinajstić information content (AvgIpc) is 3.42. The Balaban J connectivity index is 1.15. The lowest BCUT2D eigenvalue weighted by molar-refractivity contribution is -0.384. The van der Waals surface area contributed by atoms with Gasteiger partial charge in [0.05, 0.1) is 46.3 Å². The van der Waals surface area contributed by atoms with E-state index in [1.165, 1.54) is 17.7 Å². The lowest BCUT2D eigenvalue weighted by atomic mass is 9.90. The predicted octanol–water partition coefficient (Wildman–Crippen LogP) is 5.02. The van der Waals surface area contributed by atoms with E-state index in [1.807, 2.05) is 17.0 Å². The minimum Gasteiger partial charge on any atom is -0.378 e. The minimum atomic E-state index is -0.435. The zero-order chi connectivity index (χ0) is 28.3. The van der Waals surface area contributed by atoms with Gasteiger partial charge in [-0.15, -0.1) is 0 Å². The maximum atomic E-state index is 13.4. The van der Waals surface area contributed by atoms with Crippen molar-refractivity contribution in [2.24, 2.45) is 0 Å². The summed E-state index contributed by atoms with van der Waals surface area (Å²) < 4.78 is 5.44. The Morgan fingerprint density at radius 2 is 1.93 bits per heavy atom. The number of fused-ring (bicyclic) bond motifs is 1. The Morgan fingerprint density at radius 3 is 2.76 bits per heavy atom. The zero-order valence-electron chi connectivity index (χ0n) is 22.5. The first-order valence-electron chi connectivity index (χ1n) is 14.0. The number of halogens is 1. The van der Waals surface area contributed by atoms with Crippen molar-refractivity contribution in [2.45, 2.75) is 44.2 Å². The van der Waals surface area contributed by atoms with E-state index in [0.717, 1.165) is 36.8 Å². The highest BCUT2D eigenvalue weighted by Gasteiger charge is 2.28. The molecule has 1 saturated carbocycles. The first-order valence-corrected chi connectivity index (χ1v) is 14.3. The van der Waals surface area contributed by atoms with Crippen molar-refractivity contribution >= 4 is 40.4 Å². The largest absolute Gasteiger partial charge is 0.378 e. The Morgan fingerprint density at radius 1 is 1.12 bits per heavy atom. The number of benzene rings is 2. The molecule has 6 rings (SSSR count). The Labute approximate surface area is 242 Å². The zero-order valence-corrected chi connectivity index (χ0v) is 23.3. The summed E-state index contributed by atoms with van der Waals surface area (Å²) in [6.45, 7) is 2.17. The van der Waals surface area contributed by atoms with Crippen LogP contribution in [0.2, 0.25) is 5.02 Å². The number of ether oxygens (including phenoxy) is 1. The maximum absolute atomic E-state index is 13.4. The standard InChI is InChI=1S/C30H31ClN6O4/c31-26-18-32-30(35-28(26)24-10-8-19-4-1-2-7-23(19)24)34-21-6-3-5-20(16-21)33-29(38)25-11-9-22(37(39)40)17-27(25)36-12-14-41-15-13-36/h1-2,4,7,9-11,17-18,20-21H,3,5-6,8,12-16H2,(H,33,38)(H,32,34,35)/t20-,21+/m0/s1. The number of amides is 1. The molecule has 1 saturated heterocycles. The summed E-state index contributed by atoms with van der Waals surface area (Å²) in [5, 5.41) is 18.6. The molecule has 2 aromatic carbocycles. The van der Waals surface area contributed by atoms with Gasteiger partial charge in [0.2, 0.25) is 5.95 Å². The van der Waals surface area contributed by atoms with Gasteiger partial charge >= 0.3 is 0 Å². The number of carbonyl (C=O) groups excluding carboxylic acids is 1. The molecule has 1 aliphatic heterocycles. The van der Waals surface area contributed by atoms with Gasteiger partial charge in [-0.2, -0.15) is 0 Å². The number of nitrogens with one attached hydrogen (secondary N) is 2. The van der Waals surface area contributed by atoms with E-state index in [1.54, 1.807) is 12.3 Å². The molecular weight excluding hydrogens is 544 g/mol. The normalized spacial score (nSPS) is 20.2. The van der Waals surface area contributed by atoms with E-state index in [2.05, 4.69) is 33.8 Å². The topological polar surface area (TPSA) is 123 Å². The van der Waals surface area contributed by atoms with Gasteiger partial charge in [0.25, 0.3) is 11.6 Å². The first kappa shape index (κ1) is 27.2. The van der Waals surface area contributed by atoms with Crippen molar-refractivity contribution in [3.63, 3.8) is 0 Å². The van der Waals surface area contributed by atoms with Gasteiger partial charge in [0.15, 0.2) is 0 Å². The third kappa shape index (κ3) is 5.89. The van der Waals surface area contributed by atoms with Crippen LogP contribution in [0.25, 0.3) is 5.57 Å². The molecule has 0 radical (unpaired) electrons. The average molecular weight is 575 g/mol. The van der Waals surface area contributed by atoms with Gasteiger partial charge in [0, 0.05) is 42.9 Å². The number of nitro groups is 1. The SMILES string of the molecule is O=C(N[C@H]1CCC[C@@H](Nc2ncc(Cl)c(C3=CCc4ccccc43)n2)C1)c1ccc([N+](=O)[O-])cc1N1CCOCC1. The van der Waals surface area contributed by atoms with Crippen LogP contribution < -0.4 is 15.5 Å². The van der Waals surface area contributed by atoms with Gasteiger partial charge in [-0.1, -0.05) is 41.9 Å². The molecule has 212 valence electrons. The second-order valence-electron chi connectivity index (χ2n) is 10.6. The van der Waals surface area contributed by atoms with Crippen LogP contribution in [0.4, 0.5) is 17.3 Å². The molecule has 0 bridgehead atoms. The molecule has 10 nitrogen and oxygen atoms in total. The summed E-state index contributed by atoms with van der Waals surface area (Å²) in [6, 6.07) is 12.7. The van der Waals surface area contributed by atoms with Gasteiger partial charge in [0.1, 0.15) is 0 Å². The molecule has 2 aliphatic carbocycles. The molecule has 2 N–H and O–H groups in total. The van der Waals surface area contributed by atoms with Crippen LogP contribution in [-0.4, -0.2) is 59.2 Å². The molecule has 11 heteroatoms. The molecule has 0 spiro atoms. The lowest BCUT2D eigenvalue weighted by Crippen LogP contribution is -2.43. The van der Waals surface area contributed by atoms with Crippen molar-refractivity contribution in [2.75, 3.05) is 36.5 Å². The van der Waals surface area contributed by atoms with Gasteiger partial charge in [-0.25, -0.2) is 9.97 Å². The molecule has 3 aliphatic rings. The summed E-state index contributed by atoms with van der Waals surface area (Å²) in [5.74, 6) is 0.278. The number of aromatic nitrogens is 2. The van der Waals surface area contributed by atoms with E-state index >= 15 is 0 Å². The fourth-order valence-corrected chi connectivity index (χ4v) is 6.11. The number of nitrogens with zero attached hydrogens (tertiary/aromatic N) is 4. The number of allylic oxidation sites excluding steroid dienone is 1. The highest BCUT2D eigenvalue weighted by Crippen LogP contribution is 2.35. The Hall–Kier alpha value is -4.02. The summed E-state index contributed by atoms with van der Waals surface area (Å²) in [4.78, 5) is 35.6. The van der Waals surface area contributed by atoms with Gasteiger partial charge < -0.3 is 20.3 Å². The molecule has 41 heavy (non-hydrogen) atoms. The maximum Gasteiger partial charge on any atom is 0.271 e. The highest BCUT2D eigenvalue weighted by atomic mass is 35.5. The third-order valence-corrected chi connectivity index (χ3v) is 8.24. The van der Waals surface area contributed by atoms with E-state index in [-0.39, 0.29) is 23.7 Å². The number of anilines is 2. The van der Waals surface area contributed by atoms with Gasteiger partial charge in [-0.3, -0.25) is 14.9 Å². The van der Waals surface area contributed by atoms with Crippen LogP contribution in [0.5, 0.6) is 0 Å². The monoisotopic (exact) mass is 574 g/mol. The molecule has 2 atom stereocenters. The summed E-state index contributed by atoms with van der Waals surface area (Å²) in [6.07, 6.45) is 8.04. The molecule has 1 amide bonds. The van der Waals surface area contributed by atoms with Crippen LogP contribution in [-0.2, 0) is 11.2 Å². The number of hydrogen-bond donors (Lipinski definition) is 2. The quantitative estimate of drug-likeness (QED) is 0.298. The minimum absolute atomic E-state index is 0.0378. The molecular formula is C30H31ClN6O4. The van der Waals surface area contributed by atoms with E-state index in [4.69, 9.17) is 21.3 Å². The number of morpholine rings is 1. The number of hydrogen-bond acceptors (Lipinski definition) is 8. The summed E-state index contributed by atoms with van der Waals surface area (Å²) in [7, 11) is 0. The van der Waals surface area contributed by atoms with Crippen molar-refractivity contribution < 1.29 is 14.5 Å². The predicted molar refractivity (Wildman–Crippen MR) is 158 cm³/mol. The van der Waals surface area contributed by atoms with Crippen molar-refractivity contribution in [1.82, 2.24) is 15.3 Å². The molecule has 1 aromatic heterocycles. The second kappa shape index (κ2) is 11.8. The Bertz CT molecular complexity index is 1510. The third-order valence-electron chi connectivity index (χ3n) is 7.96. The molecule has 2 heterocycles. The van der Waals surface area contributed by atoms with Crippen LogP contribution in [0.3, 0.4) is 0 Å². The van der Waals surface area contributed by atoms with Gasteiger partial charge in [-0.05, 0) is 49.3 Å². The van der Waals surface area contributed by atoms with Crippen molar-refractivity contribution in [1.29, 1.82) is 0 Å². The number of non-ortho nitro benzene ring substituents is 1. The van der Waals surface area contributed by atoms with Crippen molar-refractivity contribution in [3.8, 4) is 0 Å². The van der Waals surface area contributed by atoms with Crippen LogP contribution >= 0.6 is 11.6 Å². The molecule has 3 aromatic rings. The fraction of sp³-hybridized carbons (Fsp3) is 0.367. The number of carbonyl (C=O) groups is 1. The fourth-order valence-electron chi connectivity index (χ4n) is 5.92. The number of rotatable bonds is 7. The van der Waals surface area contributed by atoms with E-state index in [0.29, 0.717) is 60.6 Å². The van der Waals surface area contributed by atoms with E-state index < -0.39 is 4.92 Å². The van der Waals surface area contributed by atoms with Crippen LogP contribution in [0.15, 0.2) is 54.7 Å². The summed E-state index contributed by atoms with van der Waals surface area (Å²) >= 11 is 6.53. The highest BCUT2D eigenvalue weighted by molar-refractivity contribution is 6.32. The molecule has 2 fully saturated rings. The second-order valence-corrected chi connectivity index (χ2v) is 11.0. The number of nitro benzene ring substituents is 1. The molecule has 0 unspecified atom stereocenters.